The van der Waals surface area contributed by atoms with Gasteiger partial charge in [0.1, 0.15) is 19.3 Å². The van der Waals surface area contributed by atoms with Gasteiger partial charge in [-0.1, -0.05) is 26.2 Å². The van der Waals surface area contributed by atoms with Crippen molar-refractivity contribution in [1.82, 2.24) is 4.31 Å². The maximum Gasteiger partial charge on any atom is 0.324 e. The van der Waals surface area contributed by atoms with Gasteiger partial charge in [0.15, 0.2) is 11.5 Å². The number of fused-ring (bicyclic) bond motifs is 2. The molecule has 1 aromatic carbocycles. The molecular weight excluding hydrogens is 394 g/mol. The van der Waals surface area contributed by atoms with E-state index in [2.05, 4.69) is 0 Å². The fourth-order valence-corrected chi connectivity index (χ4v) is 6.57. The number of hydrogen-bond donors (Lipinski definition) is 0. The second-order valence-electron chi connectivity index (χ2n) is 8.02. The highest BCUT2D eigenvalue weighted by Crippen LogP contribution is 2.44. The summed E-state index contributed by atoms with van der Waals surface area (Å²) in [6.07, 6.45) is 6.04. The second kappa shape index (κ2) is 8.52. The van der Waals surface area contributed by atoms with Crippen LogP contribution in [-0.2, 0) is 19.6 Å². The Morgan fingerprint density at radius 1 is 1.17 bits per heavy atom. The van der Waals surface area contributed by atoms with E-state index >= 15 is 0 Å². The Balaban J connectivity index is 1.65. The largest absolute Gasteiger partial charge is 0.486 e. The van der Waals surface area contributed by atoms with Crippen LogP contribution in [0.15, 0.2) is 23.1 Å². The van der Waals surface area contributed by atoms with Gasteiger partial charge in [0.05, 0.1) is 11.5 Å². The van der Waals surface area contributed by atoms with Crippen LogP contribution in [0.1, 0.15) is 51.9 Å². The zero-order valence-electron chi connectivity index (χ0n) is 16.8. The third-order valence-electron chi connectivity index (χ3n) is 6.13. The molecule has 1 aromatic rings. The lowest BCUT2D eigenvalue weighted by atomic mass is 9.85. The van der Waals surface area contributed by atoms with Gasteiger partial charge in [-0.05, 0) is 43.7 Å². The van der Waals surface area contributed by atoms with Crippen LogP contribution in [0.25, 0.3) is 0 Å². The molecule has 2 heterocycles. The fourth-order valence-electron chi connectivity index (χ4n) is 4.68. The molecule has 1 aliphatic carbocycles. The van der Waals surface area contributed by atoms with Crippen LogP contribution >= 0.6 is 0 Å². The number of carbonyl (C=O) groups is 1. The van der Waals surface area contributed by atoms with Crippen LogP contribution in [0.5, 0.6) is 11.5 Å². The van der Waals surface area contributed by atoms with Crippen LogP contribution in [0.4, 0.5) is 0 Å². The molecule has 3 aliphatic rings. The lowest BCUT2D eigenvalue weighted by Gasteiger charge is -2.32. The topological polar surface area (TPSA) is 82.1 Å². The van der Waals surface area contributed by atoms with Gasteiger partial charge in [0.2, 0.25) is 10.0 Å². The molecule has 0 spiro atoms. The van der Waals surface area contributed by atoms with Crippen molar-refractivity contribution in [3.63, 3.8) is 0 Å². The third-order valence-corrected chi connectivity index (χ3v) is 8.06. The summed E-state index contributed by atoms with van der Waals surface area (Å²) < 4.78 is 45.2. The molecule has 0 bridgehead atoms. The zero-order chi connectivity index (χ0) is 20.4. The summed E-state index contributed by atoms with van der Waals surface area (Å²) in [7, 11) is -3.87. The average molecular weight is 424 g/mol. The van der Waals surface area contributed by atoms with Gasteiger partial charge in [-0.25, -0.2) is 8.42 Å². The van der Waals surface area contributed by atoms with Crippen LogP contribution in [-0.4, -0.2) is 50.6 Å². The molecule has 0 N–H and O–H groups in total. The fraction of sp³-hybridized carbons (Fsp3) is 0.667. The molecule has 29 heavy (non-hydrogen) atoms. The van der Waals surface area contributed by atoms with E-state index in [-0.39, 0.29) is 16.9 Å². The maximum atomic E-state index is 13.6. The summed E-state index contributed by atoms with van der Waals surface area (Å²) in [5.41, 5.74) is 0. The molecule has 2 fully saturated rings. The molecule has 8 heteroatoms. The van der Waals surface area contributed by atoms with Crippen molar-refractivity contribution in [2.75, 3.05) is 19.8 Å². The molecule has 4 rings (SSSR count). The first-order chi connectivity index (χ1) is 14.0. The minimum atomic E-state index is -3.87. The predicted molar refractivity (Wildman–Crippen MR) is 106 cm³/mol. The van der Waals surface area contributed by atoms with Crippen molar-refractivity contribution in [3.05, 3.63) is 18.2 Å². The molecule has 1 saturated carbocycles. The number of unbranched alkanes of at least 4 members (excludes halogenated alkanes) is 1. The van der Waals surface area contributed by atoms with E-state index < -0.39 is 22.0 Å². The lowest BCUT2D eigenvalue weighted by Crippen LogP contribution is -2.46. The summed E-state index contributed by atoms with van der Waals surface area (Å²) in [6.45, 7) is 3.19. The molecular formula is C21H29NO6S. The Morgan fingerprint density at radius 3 is 2.72 bits per heavy atom. The Hall–Kier alpha value is -1.80. The number of nitrogens with zero attached hydrogens (tertiary/aromatic N) is 1. The minimum absolute atomic E-state index is 0.138. The molecule has 7 nitrogen and oxygen atoms in total. The maximum absolute atomic E-state index is 13.6. The van der Waals surface area contributed by atoms with Crippen LogP contribution in [0, 0.1) is 5.92 Å². The number of ether oxygens (including phenoxy) is 3. The summed E-state index contributed by atoms with van der Waals surface area (Å²) in [6, 6.07) is 3.78. The Labute approximate surface area is 172 Å². The molecule has 2 aliphatic heterocycles. The average Bonchev–Trinajstić information content (AvgIpc) is 3.14. The summed E-state index contributed by atoms with van der Waals surface area (Å²) in [5.74, 6) is 0.759. The summed E-state index contributed by atoms with van der Waals surface area (Å²) >= 11 is 0. The molecule has 160 valence electrons. The Bertz CT molecular complexity index is 855. The van der Waals surface area contributed by atoms with E-state index in [1.807, 2.05) is 6.92 Å². The highest BCUT2D eigenvalue weighted by molar-refractivity contribution is 7.89. The molecule has 0 amide bonds. The number of hydrogen-bond acceptors (Lipinski definition) is 6. The number of carbonyl (C=O) groups excluding carboxylic acids is 1. The highest BCUT2D eigenvalue weighted by atomic mass is 32.2. The van der Waals surface area contributed by atoms with Crippen LogP contribution in [0.2, 0.25) is 0 Å². The molecule has 0 unspecified atom stereocenters. The van der Waals surface area contributed by atoms with Gasteiger partial charge in [0, 0.05) is 12.1 Å². The van der Waals surface area contributed by atoms with Crippen molar-refractivity contribution in [1.29, 1.82) is 0 Å². The molecule has 1 saturated heterocycles. The van der Waals surface area contributed by atoms with Crippen molar-refractivity contribution in [3.8, 4) is 11.5 Å². The zero-order valence-corrected chi connectivity index (χ0v) is 17.7. The van der Waals surface area contributed by atoms with Crippen molar-refractivity contribution in [2.24, 2.45) is 5.92 Å². The van der Waals surface area contributed by atoms with Gasteiger partial charge in [-0.15, -0.1) is 0 Å². The predicted octanol–water partition coefficient (Wildman–Crippen LogP) is 3.12. The van der Waals surface area contributed by atoms with E-state index in [0.717, 1.165) is 38.5 Å². The van der Waals surface area contributed by atoms with E-state index in [1.54, 1.807) is 12.1 Å². The van der Waals surface area contributed by atoms with Crippen LogP contribution in [0.3, 0.4) is 0 Å². The lowest BCUT2D eigenvalue weighted by molar-refractivity contribution is -0.147. The van der Waals surface area contributed by atoms with Gasteiger partial charge < -0.3 is 14.2 Å². The Morgan fingerprint density at radius 2 is 1.93 bits per heavy atom. The van der Waals surface area contributed by atoms with Crippen LogP contribution < -0.4 is 9.47 Å². The molecule has 0 aromatic heterocycles. The van der Waals surface area contributed by atoms with Crippen molar-refractivity contribution >= 4 is 16.0 Å². The first kappa shape index (κ1) is 20.5. The van der Waals surface area contributed by atoms with Crippen molar-refractivity contribution < 1.29 is 27.4 Å². The summed E-state index contributed by atoms with van der Waals surface area (Å²) in [5, 5.41) is 0. The second-order valence-corrected chi connectivity index (χ2v) is 9.87. The first-order valence-corrected chi connectivity index (χ1v) is 12.1. The number of esters is 1. The van der Waals surface area contributed by atoms with Gasteiger partial charge in [0.25, 0.3) is 0 Å². The standard InChI is InChI=1S/C21H29NO6S/c1-2-3-10-28-21(23)18-13-15-6-4-5-7-17(15)22(18)29(24,25)16-8-9-19-20(14-16)27-12-11-26-19/h8-9,14-15,17-18H,2-7,10-13H2,1H3/t15-,17-,18-/m0/s1. The van der Waals surface area contributed by atoms with E-state index in [1.165, 1.54) is 10.4 Å². The number of benzene rings is 1. The Kier molecular flexibility index (Phi) is 6.01. The van der Waals surface area contributed by atoms with Gasteiger partial charge in [-0.2, -0.15) is 4.31 Å². The quantitative estimate of drug-likeness (QED) is 0.516. The van der Waals surface area contributed by atoms with E-state index in [4.69, 9.17) is 14.2 Å². The minimum Gasteiger partial charge on any atom is -0.486 e. The first-order valence-electron chi connectivity index (χ1n) is 10.6. The van der Waals surface area contributed by atoms with Crippen molar-refractivity contribution in [2.45, 2.75) is 68.8 Å². The van der Waals surface area contributed by atoms with Gasteiger partial charge in [-0.3, -0.25) is 4.79 Å². The smallest absolute Gasteiger partial charge is 0.324 e. The highest BCUT2D eigenvalue weighted by Gasteiger charge is 2.51. The van der Waals surface area contributed by atoms with E-state index in [9.17, 15) is 13.2 Å². The number of rotatable bonds is 6. The van der Waals surface area contributed by atoms with Gasteiger partial charge >= 0.3 is 5.97 Å². The number of sulfonamides is 1. The van der Waals surface area contributed by atoms with E-state index in [0.29, 0.717) is 37.7 Å². The third kappa shape index (κ3) is 3.97. The molecule has 0 radical (unpaired) electrons. The SMILES string of the molecule is CCCCOC(=O)[C@@H]1C[C@@H]2CCCC[C@@H]2N1S(=O)(=O)c1ccc2c(c1)OCCO2. The normalized spacial score (nSPS) is 26.7. The summed E-state index contributed by atoms with van der Waals surface area (Å²) in [4.78, 5) is 12.9. The molecule has 3 atom stereocenters. The monoisotopic (exact) mass is 423 g/mol.